The van der Waals surface area contributed by atoms with Gasteiger partial charge in [0.1, 0.15) is 11.7 Å². The summed E-state index contributed by atoms with van der Waals surface area (Å²) in [6.45, 7) is 5.27. The fourth-order valence-corrected chi connectivity index (χ4v) is 3.09. The van der Waals surface area contributed by atoms with Gasteiger partial charge in [-0.3, -0.25) is 0 Å². The molecular formula is C18H17ClF3N3. The molecule has 1 aliphatic heterocycles. The first-order valence-electron chi connectivity index (χ1n) is 7.82. The lowest BCUT2D eigenvalue weighted by atomic mass is 10.0. The van der Waals surface area contributed by atoms with Crippen molar-refractivity contribution in [3.8, 4) is 0 Å². The van der Waals surface area contributed by atoms with Gasteiger partial charge in [0, 0.05) is 36.7 Å². The van der Waals surface area contributed by atoms with Crippen molar-refractivity contribution < 1.29 is 13.2 Å². The Morgan fingerprint density at radius 3 is 2.72 bits per heavy atom. The predicted octanol–water partition coefficient (Wildman–Crippen LogP) is 4.97. The summed E-state index contributed by atoms with van der Waals surface area (Å²) in [6.07, 6.45) is 3.47. The van der Waals surface area contributed by atoms with Gasteiger partial charge < -0.3 is 4.90 Å². The fourth-order valence-electron chi connectivity index (χ4n) is 2.79. The molecule has 7 heteroatoms. The number of amidine groups is 1. The molecule has 1 unspecified atom stereocenters. The van der Waals surface area contributed by atoms with E-state index >= 15 is 0 Å². The third-order valence-corrected chi connectivity index (χ3v) is 4.72. The maximum Gasteiger partial charge on any atom is 0.252 e. The summed E-state index contributed by atoms with van der Waals surface area (Å²) < 4.78 is 39.8. The van der Waals surface area contributed by atoms with Crippen molar-refractivity contribution in [2.75, 3.05) is 6.54 Å². The zero-order chi connectivity index (χ0) is 18.2. The van der Waals surface area contributed by atoms with Crippen LogP contribution in [0.25, 0.3) is 5.57 Å². The Balaban J connectivity index is 1.78. The summed E-state index contributed by atoms with van der Waals surface area (Å²) in [4.78, 5) is 1.69. The van der Waals surface area contributed by atoms with E-state index in [-0.39, 0.29) is 25.2 Å². The molecule has 0 radical (unpaired) electrons. The normalized spacial score (nSPS) is 22.4. The number of aryl methyl sites for hydroxylation is 1. The summed E-state index contributed by atoms with van der Waals surface area (Å²) in [5.74, 6) is -3.22. The molecule has 0 spiro atoms. The highest BCUT2D eigenvalue weighted by Crippen LogP contribution is 2.51. The van der Waals surface area contributed by atoms with E-state index < -0.39 is 11.8 Å². The highest BCUT2D eigenvalue weighted by Gasteiger charge is 2.57. The topological polar surface area (TPSA) is 28.0 Å². The Hall–Kier alpha value is -2.08. The highest BCUT2D eigenvalue weighted by atomic mass is 35.5. The molecule has 132 valence electrons. The Kier molecular flexibility index (Phi) is 4.73. The number of allylic oxidation sites excluding steroid dienone is 2. The number of hydrogen-bond donors (Lipinski definition) is 0. The minimum Gasteiger partial charge on any atom is -0.330 e. The Bertz CT molecular complexity index is 799. The van der Waals surface area contributed by atoms with Gasteiger partial charge >= 0.3 is 0 Å². The first-order valence-corrected chi connectivity index (χ1v) is 8.20. The summed E-state index contributed by atoms with van der Waals surface area (Å²) >= 11 is 6.40. The second-order valence-corrected chi connectivity index (χ2v) is 6.71. The van der Waals surface area contributed by atoms with Crippen LogP contribution in [0.4, 0.5) is 13.2 Å². The Labute approximate surface area is 149 Å². The minimum atomic E-state index is -2.63. The van der Waals surface area contributed by atoms with Crippen molar-refractivity contribution >= 4 is 29.7 Å². The van der Waals surface area contributed by atoms with Crippen molar-refractivity contribution in [2.45, 2.75) is 25.7 Å². The SMILES string of the molecule is C=N/N=C(/CC1CC1(F)F)N1C=CC(c2ccc(F)c(C)c2)=C(Cl)C1. The quantitative estimate of drug-likeness (QED) is 0.419. The maximum absolute atomic E-state index is 13.4. The van der Waals surface area contributed by atoms with Gasteiger partial charge in [-0.1, -0.05) is 17.7 Å². The first-order chi connectivity index (χ1) is 11.8. The van der Waals surface area contributed by atoms with Crippen LogP contribution in [0.2, 0.25) is 0 Å². The molecule has 0 saturated heterocycles. The lowest BCUT2D eigenvalue weighted by Gasteiger charge is -2.26. The monoisotopic (exact) mass is 367 g/mol. The number of rotatable bonds is 4. The predicted molar refractivity (Wildman–Crippen MR) is 94.4 cm³/mol. The average molecular weight is 368 g/mol. The molecule has 1 saturated carbocycles. The van der Waals surface area contributed by atoms with Gasteiger partial charge in [0.05, 0.1) is 6.54 Å². The molecule has 0 bridgehead atoms. The summed E-state index contributed by atoms with van der Waals surface area (Å²) in [7, 11) is 0. The Morgan fingerprint density at radius 2 is 2.16 bits per heavy atom. The smallest absolute Gasteiger partial charge is 0.252 e. The van der Waals surface area contributed by atoms with Crippen LogP contribution in [0.15, 0.2) is 45.7 Å². The molecule has 3 nitrogen and oxygen atoms in total. The number of nitrogens with zero attached hydrogens (tertiary/aromatic N) is 3. The van der Waals surface area contributed by atoms with Crippen LogP contribution in [0.1, 0.15) is 24.0 Å². The van der Waals surface area contributed by atoms with Gasteiger partial charge in [-0.2, -0.15) is 5.10 Å². The van der Waals surface area contributed by atoms with Crippen molar-refractivity contribution in [3.63, 3.8) is 0 Å². The molecular weight excluding hydrogens is 351 g/mol. The molecule has 1 aromatic carbocycles. The maximum atomic E-state index is 13.4. The minimum absolute atomic E-state index is 0.117. The van der Waals surface area contributed by atoms with Crippen molar-refractivity contribution in [2.24, 2.45) is 16.1 Å². The lowest BCUT2D eigenvalue weighted by molar-refractivity contribution is 0.0998. The van der Waals surface area contributed by atoms with Crippen LogP contribution in [-0.2, 0) is 0 Å². The largest absolute Gasteiger partial charge is 0.330 e. The van der Waals surface area contributed by atoms with E-state index in [1.54, 1.807) is 36.2 Å². The third-order valence-electron chi connectivity index (χ3n) is 4.39. The van der Waals surface area contributed by atoms with Gasteiger partial charge in [0.2, 0.25) is 0 Å². The van der Waals surface area contributed by atoms with Crippen LogP contribution in [0, 0.1) is 18.7 Å². The fraction of sp³-hybridized carbons (Fsp3) is 0.333. The molecule has 2 aliphatic rings. The van der Waals surface area contributed by atoms with E-state index in [0.717, 1.165) is 11.1 Å². The van der Waals surface area contributed by atoms with Gasteiger partial charge in [-0.25, -0.2) is 13.2 Å². The zero-order valence-corrected chi connectivity index (χ0v) is 14.4. The molecule has 3 rings (SSSR count). The molecule has 25 heavy (non-hydrogen) atoms. The van der Waals surface area contributed by atoms with Gasteiger partial charge in [-0.05, 0) is 41.8 Å². The van der Waals surface area contributed by atoms with Crippen molar-refractivity contribution in [1.29, 1.82) is 0 Å². The molecule has 1 atom stereocenters. The van der Waals surface area contributed by atoms with Crippen LogP contribution >= 0.6 is 11.6 Å². The van der Waals surface area contributed by atoms with Crippen LogP contribution in [0.5, 0.6) is 0 Å². The van der Waals surface area contributed by atoms with Gasteiger partial charge in [0.15, 0.2) is 0 Å². The molecule has 1 aromatic rings. The summed E-state index contributed by atoms with van der Waals surface area (Å²) in [5, 5.41) is 7.89. The van der Waals surface area contributed by atoms with Gasteiger partial charge in [0.25, 0.3) is 5.92 Å². The Morgan fingerprint density at radius 1 is 1.44 bits per heavy atom. The zero-order valence-electron chi connectivity index (χ0n) is 13.6. The van der Waals surface area contributed by atoms with Crippen molar-refractivity contribution in [1.82, 2.24) is 4.90 Å². The number of halogens is 4. The second-order valence-electron chi connectivity index (χ2n) is 6.25. The van der Waals surface area contributed by atoms with E-state index in [4.69, 9.17) is 11.6 Å². The van der Waals surface area contributed by atoms with E-state index in [1.807, 2.05) is 0 Å². The molecule has 1 fully saturated rings. The average Bonchev–Trinajstić information content (AvgIpc) is 3.16. The van der Waals surface area contributed by atoms with Crippen molar-refractivity contribution in [3.05, 3.63) is 52.5 Å². The van der Waals surface area contributed by atoms with Gasteiger partial charge in [-0.15, -0.1) is 5.10 Å². The van der Waals surface area contributed by atoms with E-state index in [0.29, 0.717) is 16.4 Å². The summed E-state index contributed by atoms with van der Waals surface area (Å²) in [5.41, 5.74) is 2.09. The summed E-state index contributed by atoms with van der Waals surface area (Å²) in [6, 6.07) is 4.77. The van der Waals surface area contributed by atoms with Crippen LogP contribution in [0.3, 0.4) is 0 Å². The second kappa shape index (κ2) is 6.67. The molecule has 0 N–H and O–H groups in total. The number of benzene rings is 1. The van der Waals surface area contributed by atoms with Crippen LogP contribution < -0.4 is 0 Å². The van der Waals surface area contributed by atoms with Crippen LogP contribution in [-0.4, -0.2) is 29.9 Å². The lowest BCUT2D eigenvalue weighted by Crippen LogP contribution is -2.30. The standard InChI is InChI=1S/C18H17ClF3N3/c1-11-7-12(3-4-16(11)20)14-5-6-25(10-15(14)19)17(24-23-2)8-13-9-18(13,21)22/h3-7,13H,2,8-10H2,1H3/b24-17-. The van der Waals surface area contributed by atoms with E-state index in [2.05, 4.69) is 16.9 Å². The first kappa shape index (κ1) is 17.7. The molecule has 0 aromatic heterocycles. The molecule has 1 heterocycles. The molecule has 1 aliphatic carbocycles. The number of alkyl halides is 2. The number of hydrogen-bond acceptors (Lipinski definition) is 2. The third kappa shape index (κ3) is 3.79. The molecule has 0 amide bonds. The van der Waals surface area contributed by atoms with E-state index in [1.165, 1.54) is 6.07 Å². The highest BCUT2D eigenvalue weighted by molar-refractivity contribution is 6.33. The van der Waals surface area contributed by atoms with E-state index in [9.17, 15) is 13.2 Å².